The molecule has 0 saturated carbocycles. The lowest BCUT2D eigenvalue weighted by molar-refractivity contribution is 0.101. The average Bonchev–Trinajstić information content (AvgIpc) is 3.08. The SMILES string of the molecule is COc1cccc(-c2cc(C(=O)Nc3cc(Cl)ccc3C)no2)c1. The second kappa shape index (κ2) is 6.76. The number of methoxy groups -OCH3 is 1. The molecule has 122 valence electrons. The Morgan fingerprint density at radius 1 is 1.21 bits per heavy atom. The second-order valence-corrected chi connectivity index (χ2v) is 5.66. The summed E-state index contributed by atoms with van der Waals surface area (Å²) in [7, 11) is 1.59. The van der Waals surface area contributed by atoms with E-state index in [0.29, 0.717) is 22.2 Å². The molecule has 24 heavy (non-hydrogen) atoms. The van der Waals surface area contributed by atoms with Gasteiger partial charge in [-0.05, 0) is 36.8 Å². The number of carbonyl (C=O) groups is 1. The van der Waals surface area contributed by atoms with Crippen molar-refractivity contribution in [3.63, 3.8) is 0 Å². The first-order chi connectivity index (χ1) is 11.6. The number of amides is 1. The van der Waals surface area contributed by atoms with Gasteiger partial charge >= 0.3 is 0 Å². The Morgan fingerprint density at radius 3 is 2.83 bits per heavy atom. The van der Waals surface area contributed by atoms with Gasteiger partial charge in [-0.2, -0.15) is 0 Å². The Labute approximate surface area is 144 Å². The number of aromatic nitrogens is 1. The van der Waals surface area contributed by atoms with E-state index in [0.717, 1.165) is 11.1 Å². The van der Waals surface area contributed by atoms with Gasteiger partial charge in [0.25, 0.3) is 5.91 Å². The van der Waals surface area contributed by atoms with Crippen LogP contribution in [0.1, 0.15) is 16.1 Å². The summed E-state index contributed by atoms with van der Waals surface area (Å²) in [6.07, 6.45) is 0. The average molecular weight is 343 g/mol. The number of anilines is 1. The number of nitrogens with one attached hydrogen (secondary N) is 1. The van der Waals surface area contributed by atoms with Gasteiger partial charge in [0.15, 0.2) is 11.5 Å². The fraction of sp³-hybridized carbons (Fsp3) is 0.111. The van der Waals surface area contributed by atoms with Gasteiger partial charge < -0.3 is 14.6 Å². The normalized spacial score (nSPS) is 10.5. The number of rotatable bonds is 4. The van der Waals surface area contributed by atoms with E-state index in [-0.39, 0.29) is 11.6 Å². The number of hydrogen-bond acceptors (Lipinski definition) is 4. The predicted molar refractivity (Wildman–Crippen MR) is 92.6 cm³/mol. The van der Waals surface area contributed by atoms with Crippen molar-refractivity contribution in [1.82, 2.24) is 5.16 Å². The molecule has 3 rings (SSSR count). The van der Waals surface area contributed by atoms with Crippen molar-refractivity contribution >= 4 is 23.2 Å². The van der Waals surface area contributed by atoms with Crippen LogP contribution in [0.4, 0.5) is 5.69 Å². The van der Waals surface area contributed by atoms with Crippen molar-refractivity contribution in [2.24, 2.45) is 0 Å². The third kappa shape index (κ3) is 3.41. The van der Waals surface area contributed by atoms with Crippen LogP contribution in [0.2, 0.25) is 5.02 Å². The lowest BCUT2D eigenvalue weighted by Crippen LogP contribution is -2.13. The molecule has 0 spiro atoms. The van der Waals surface area contributed by atoms with E-state index in [1.54, 1.807) is 25.3 Å². The van der Waals surface area contributed by atoms with Crippen molar-refractivity contribution in [2.45, 2.75) is 6.92 Å². The van der Waals surface area contributed by atoms with Crippen LogP contribution in [0.3, 0.4) is 0 Å². The fourth-order valence-electron chi connectivity index (χ4n) is 2.21. The molecule has 0 radical (unpaired) electrons. The van der Waals surface area contributed by atoms with Gasteiger partial charge in [-0.25, -0.2) is 0 Å². The van der Waals surface area contributed by atoms with Crippen molar-refractivity contribution in [3.05, 3.63) is 64.8 Å². The van der Waals surface area contributed by atoms with E-state index >= 15 is 0 Å². The van der Waals surface area contributed by atoms with Crippen molar-refractivity contribution in [3.8, 4) is 17.1 Å². The van der Waals surface area contributed by atoms with E-state index in [9.17, 15) is 4.79 Å². The zero-order chi connectivity index (χ0) is 17.1. The topological polar surface area (TPSA) is 64.4 Å². The Morgan fingerprint density at radius 2 is 2.04 bits per heavy atom. The van der Waals surface area contributed by atoms with Crippen LogP contribution in [-0.2, 0) is 0 Å². The molecule has 0 bridgehead atoms. The van der Waals surface area contributed by atoms with Crippen LogP contribution in [0, 0.1) is 6.92 Å². The van der Waals surface area contributed by atoms with Crippen molar-refractivity contribution < 1.29 is 14.1 Å². The molecule has 2 aromatic carbocycles. The molecule has 5 nitrogen and oxygen atoms in total. The summed E-state index contributed by atoms with van der Waals surface area (Å²) in [5.41, 5.74) is 2.51. The van der Waals surface area contributed by atoms with Gasteiger partial charge in [-0.3, -0.25) is 4.79 Å². The predicted octanol–water partition coefficient (Wildman–Crippen LogP) is 4.56. The first kappa shape index (κ1) is 16.1. The lowest BCUT2D eigenvalue weighted by atomic mass is 10.1. The highest BCUT2D eigenvalue weighted by atomic mass is 35.5. The van der Waals surface area contributed by atoms with Gasteiger partial charge in [0, 0.05) is 22.3 Å². The van der Waals surface area contributed by atoms with Crippen molar-refractivity contribution in [1.29, 1.82) is 0 Å². The number of nitrogens with zero attached hydrogens (tertiary/aromatic N) is 1. The van der Waals surface area contributed by atoms with E-state index in [1.165, 1.54) is 0 Å². The maximum absolute atomic E-state index is 12.3. The summed E-state index contributed by atoms with van der Waals surface area (Å²) in [5.74, 6) is 0.824. The monoisotopic (exact) mass is 342 g/mol. The van der Waals surface area contributed by atoms with Crippen LogP contribution in [-0.4, -0.2) is 18.2 Å². The number of carbonyl (C=O) groups excluding carboxylic acids is 1. The van der Waals surface area contributed by atoms with E-state index in [1.807, 2.05) is 37.3 Å². The highest BCUT2D eigenvalue weighted by molar-refractivity contribution is 6.31. The summed E-state index contributed by atoms with van der Waals surface area (Å²) < 4.78 is 10.5. The molecule has 0 aliphatic heterocycles. The van der Waals surface area contributed by atoms with Crippen LogP contribution in [0.25, 0.3) is 11.3 Å². The molecule has 6 heteroatoms. The summed E-state index contributed by atoms with van der Waals surface area (Å²) in [6.45, 7) is 1.89. The standard InChI is InChI=1S/C18H15ClN2O3/c1-11-6-7-13(19)9-15(11)20-18(22)16-10-17(24-21-16)12-4-3-5-14(8-12)23-2/h3-10H,1-2H3,(H,20,22). The summed E-state index contributed by atoms with van der Waals surface area (Å²) in [5, 5.41) is 7.17. The molecular formula is C18H15ClN2O3. The number of halogens is 1. The van der Waals surface area contributed by atoms with E-state index < -0.39 is 0 Å². The maximum Gasteiger partial charge on any atom is 0.277 e. The number of aryl methyl sites for hydroxylation is 1. The van der Waals surface area contributed by atoms with Crippen LogP contribution in [0.15, 0.2) is 53.1 Å². The molecule has 0 fully saturated rings. The Bertz CT molecular complexity index is 889. The van der Waals surface area contributed by atoms with Gasteiger partial charge in [-0.1, -0.05) is 35.0 Å². The molecule has 0 atom stereocenters. The minimum Gasteiger partial charge on any atom is -0.497 e. The third-order valence-electron chi connectivity index (χ3n) is 3.54. The molecular weight excluding hydrogens is 328 g/mol. The Hall–Kier alpha value is -2.79. The fourth-order valence-corrected chi connectivity index (χ4v) is 2.38. The second-order valence-electron chi connectivity index (χ2n) is 5.22. The maximum atomic E-state index is 12.3. The highest BCUT2D eigenvalue weighted by Gasteiger charge is 2.15. The zero-order valence-corrected chi connectivity index (χ0v) is 13.9. The van der Waals surface area contributed by atoms with Gasteiger partial charge in [0.1, 0.15) is 5.75 Å². The van der Waals surface area contributed by atoms with Gasteiger partial charge in [0.2, 0.25) is 0 Å². The smallest absolute Gasteiger partial charge is 0.277 e. The zero-order valence-electron chi connectivity index (χ0n) is 13.2. The largest absolute Gasteiger partial charge is 0.497 e. The minimum absolute atomic E-state index is 0.187. The summed E-state index contributed by atoms with van der Waals surface area (Å²) in [6, 6.07) is 14.2. The van der Waals surface area contributed by atoms with E-state index in [4.69, 9.17) is 20.9 Å². The Kier molecular flexibility index (Phi) is 4.53. The van der Waals surface area contributed by atoms with Crippen LogP contribution in [0.5, 0.6) is 5.75 Å². The Balaban J connectivity index is 1.82. The van der Waals surface area contributed by atoms with E-state index in [2.05, 4.69) is 10.5 Å². The summed E-state index contributed by atoms with van der Waals surface area (Å²) >= 11 is 5.96. The molecule has 1 heterocycles. The van der Waals surface area contributed by atoms with Crippen molar-refractivity contribution in [2.75, 3.05) is 12.4 Å². The molecule has 0 aliphatic carbocycles. The van der Waals surface area contributed by atoms with Crippen LogP contribution >= 0.6 is 11.6 Å². The van der Waals surface area contributed by atoms with Gasteiger partial charge in [-0.15, -0.1) is 0 Å². The molecule has 0 unspecified atom stereocenters. The first-order valence-corrected chi connectivity index (χ1v) is 7.63. The molecule has 0 aliphatic rings. The highest BCUT2D eigenvalue weighted by Crippen LogP contribution is 2.25. The molecule has 0 saturated heterocycles. The molecule has 1 N–H and O–H groups in total. The van der Waals surface area contributed by atoms with Gasteiger partial charge in [0.05, 0.1) is 7.11 Å². The number of ether oxygens (including phenoxy) is 1. The number of benzene rings is 2. The number of hydrogen-bond donors (Lipinski definition) is 1. The molecule has 1 aromatic heterocycles. The van der Waals surface area contributed by atoms with Crippen LogP contribution < -0.4 is 10.1 Å². The lowest BCUT2D eigenvalue weighted by Gasteiger charge is -2.06. The third-order valence-corrected chi connectivity index (χ3v) is 3.78. The first-order valence-electron chi connectivity index (χ1n) is 7.25. The minimum atomic E-state index is -0.363. The molecule has 3 aromatic rings. The summed E-state index contributed by atoms with van der Waals surface area (Å²) in [4.78, 5) is 12.3. The quantitative estimate of drug-likeness (QED) is 0.754. The molecule has 1 amide bonds.